The number of esters is 1. The molecule has 0 heterocycles. The Labute approximate surface area is 81.9 Å². The summed E-state index contributed by atoms with van der Waals surface area (Å²) in [4.78, 5) is 11.2. The van der Waals surface area contributed by atoms with Gasteiger partial charge in [-0.3, -0.25) is 0 Å². The molecule has 72 valence electrons. The molecule has 0 fully saturated rings. The Hall–Kier alpha value is -2.02. The number of nitriles is 1. The molecule has 0 spiro atoms. The molecule has 0 bridgehead atoms. The van der Waals surface area contributed by atoms with E-state index in [1.807, 2.05) is 6.07 Å². The lowest BCUT2D eigenvalue weighted by Crippen LogP contribution is -2.06. The summed E-state index contributed by atoms with van der Waals surface area (Å²) in [6.45, 7) is 1.76. The molecule has 0 aliphatic rings. The van der Waals surface area contributed by atoms with Crippen molar-refractivity contribution in [3.63, 3.8) is 0 Å². The third-order valence-corrected chi connectivity index (χ3v) is 1.92. The van der Waals surface area contributed by atoms with E-state index in [1.54, 1.807) is 13.0 Å². The number of anilines is 1. The van der Waals surface area contributed by atoms with Crippen LogP contribution in [0.4, 0.5) is 5.69 Å². The second kappa shape index (κ2) is 3.79. The largest absolute Gasteiger partial charge is 0.465 e. The molecule has 0 aliphatic heterocycles. The number of benzene rings is 1. The third-order valence-electron chi connectivity index (χ3n) is 1.92. The lowest BCUT2D eigenvalue weighted by atomic mass is 10.0. The Bertz CT molecular complexity index is 419. The molecule has 0 aromatic heterocycles. The summed E-state index contributed by atoms with van der Waals surface area (Å²) in [5, 5.41) is 8.75. The first kappa shape index (κ1) is 10.1. The van der Waals surface area contributed by atoms with Crippen molar-refractivity contribution >= 4 is 11.7 Å². The Kier molecular flexibility index (Phi) is 2.73. The first-order chi connectivity index (χ1) is 6.60. The monoisotopic (exact) mass is 190 g/mol. The van der Waals surface area contributed by atoms with Crippen LogP contribution < -0.4 is 5.73 Å². The molecule has 0 aliphatic carbocycles. The molecule has 0 saturated heterocycles. The van der Waals surface area contributed by atoms with Crippen LogP contribution in [0.15, 0.2) is 12.1 Å². The summed E-state index contributed by atoms with van der Waals surface area (Å²) < 4.78 is 4.53. The molecule has 1 aromatic carbocycles. The molecule has 0 amide bonds. The van der Waals surface area contributed by atoms with E-state index in [2.05, 4.69) is 4.74 Å². The number of nitrogens with two attached hydrogens (primary N) is 1. The van der Waals surface area contributed by atoms with Crippen LogP contribution in [0.25, 0.3) is 0 Å². The van der Waals surface area contributed by atoms with Crippen molar-refractivity contribution in [2.24, 2.45) is 0 Å². The van der Waals surface area contributed by atoms with Gasteiger partial charge in [0.25, 0.3) is 0 Å². The fraction of sp³-hybridized carbons (Fsp3) is 0.200. The van der Waals surface area contributed by atoms with Crippen molar-refractivity contribution in [2.45, 2.75) is 6.92 Å². The highest BCUT2D eigenvalue weighted by molar-refractivity contribution is 5.95. The van der Waals surface area contributed by atoms with Gasteiger partial charge in [-0.2, -0.15) is 5.26 Å². The second-order valence-corrected chi connectivity index (χ2v) is 2.86. The minimum atomic E-state index is -0.529. The fourth-order valence-electron chi connectivity index (χ4n) is 1.14. The molecule has 4 nitrogen and oxygen atoms in total. The summed E-state index contributed by atoms with van der Waals surface area (Å²) in [6.07, 6.45) is 0. The van der Waals surface area contributed by atoms with Gasteiger partial charge in [0, 0.05) is 5.69 Å². The average molecular weight is 190 g/mol. The van der Waals surface area contributed by atoms with E-state index in [9.17, 15) is 4.79 Å². The lowest BCUT2D eigenvalue weighted by Gasteiger charge is -2.05. The molecular weight excluding hydrogens is 180 g/mol. The number of ether oxygens (including phenoxy) is 1. The number of rotatable bonds is 1. The fourth-order valence-corrected chi connectivity index (χ4v) is 1.14. The minimum Gasteiger partial charge on any atom is -0.465 e. The Morgan fingerprint density at radius 3 is 2.71 bits per heavy atom. The zero-order chi connectivity index (χ0) is 10.7. The lowest BCUT2D eigenvalue weighted by molar-refractivity contribution is 0.0602. The van der Waals surface area contributed by atoms with Gasteiger partial charge < -0.3 is 10.5 Å². The molecule has 0 saturated carbocycles. The van der Waals surface area contributed by atoms with Gasteiger partial charge in [0.15, 0.2) is 0 Å². The standard InChI is InChI=1S/C10H10N2O2/c1-6-3-9(12)8(10(13)14-2)4-7(6)5-11/h3-4H,12H2,1-2H3. The average Bonchev–Trinajstić information content (AvgIpc) is 2.17. The number of aryl methyl sites for hydroxylation is 1. The summed E-state index contributed by atoms with van der Waals surface area (Å²) in [5.41, 5.74) is 7.35. The highest BCUT2D eigenvalue weighted by Crippen LogP contribution is 2.18. The number of carbonyl (C=O) groups excluding carboxylic acids is 1. The van der Waals surface area contributed by atoms with Crippen LogP contribution in [0.3, 0.4) is 0 Å². The molecule has 2 N–H and O–H groups in total. The molecule has 1 rings (SSSR count). The number of carbonyl (C=O) groups is 1. The van der Waals surface area contributed by atoms with E-state index in [0.29, 0.717) is 11.3 Å². The predicted octanol–water partition coefficient (Wildman–Crippen LogP) is 1.24. The maximum absolute atomic E-state index is 11.2. The van der Waals surface area contributed by atoms with E-state index < -0.39 is 5.97 Å². The van der Waals surface area contributed by atoms with Crippen molar-refractivity contribution in [1.29, 1.82) is 5.26 Å². The quantitative estimate of drug-likeness (QED) is 0.533. The van der Waals surface area contributed by atoms with Gasteiger partial charge in [0.05, 0.1) is 24.3 Å². The van der Waals surface area contributed by atoms with Crippen molar-refractivity contribution in [3.05, 3.63) is 28.8 Å². The SMILES string of the molecule is COC(=O)c1cc(C#N)c(C)cc1N. The van der Waals surface area contributed by atoms with E-state index in [1.165, 1.54) is 13.2 Å². The highest BCUT2D eigenvalue weighted by Gasteiger charge is 2.12. The minimum absolute atomic E-state index is 0.231. The molecule has 0 atom stereocenters. The van der Waals surface area contributed by atoms with Crippen LogP contribution in [-0.4, -0.2) is 13.1 Å². The molecule has 0 radical (unpaired) electrons. The van der Waals surface area contributed by atoms with Gasteiger partial charge in [-0.05, 0) is 24.6 Å². The van der Waals surface area contributed by atoms with Gasteiger partial charge in [0.1, 0.15) is 0 Å². The maximum atomic E-state index is 11.2. The van der Waals surface area contributed by atoms with E-state index in [0.717, 1.165) is 5.56 Å². The van der Waals surface area contributed by atoms with Crippen LogP contribution >= 0.6 is 0 Å². The van der Waals surface area contributed by atoms with Crippen molar-refractivity contribution in [1.82, 2.24) is 0 Å². The van der Waals surface area contributed by atoms with Crippen LogP contribution in [0.1, 0.15) is 21.5 Å². The summed E-state index contributed by atoms with van der Waals surface area (Å²) in [7, 11) is 1.27. The summed E-state index contributed by atoms with van der Waals surface area (Å²) in [6, 6.07) is 5.01. The molecule has 4 heteroatoms. The van der Waals surface area contributed by atoms with Gasteiger partial charge in [-0.25, -0.2) is 4.79 Å². The molecule has 0 unspecified atom stereocenters. The van der Waals surface area contributed by atoms with Crippen molar-refractivity contribution in [2.75, 3.05) is 12.8 Å². The van der Waals surface area contributed by atoms with Gasteiger partial charge in [-0.15, -0.1) is 0 Å². The molecule has 14 heavy (non-hydrogen) atoms. The second-order valence-electron chi connectivity index (χ2n) is 2.86. The summed E-state index contributed by atoms with van der Waals surface area (Å²) >= 11 is 0. The van der Waals surface area contributed by atoms with Gasteiger partial charge >= 0.3 is 5.97 Å². The van der Waals surface area contributed by atoms with Gasteiger partial charge in [0.2, 0.25) is 0 Å². The Morgan fingerprint density at radius 1 is 1.57 bits per heavy atom. The normalized spacial score (nSPS) is 9.21. The van der Waals surface area contributed by atoms with Crippen molar-refractivity contribution < 1.29 is 9.53 Å². The molecular formula is C10H10N2O2. The number of hydrogen-bond donors (Lipinski definition) is 1. The zero-order valence-corrected chi connectivity index (χ0v) is 8.00. The Morgan fingerprint density at radius 2 is 2.21 bits per heavy atom. The number of hydrogen-bond acceptors (Lipinski definition) is 4. The number of nitrogens with zero attached hydrogens (tertiary/aromatic N) is 1. The molecule has 1 aromatic rings. The van der Waals surface area contributed by atoms with Crippen LogP contribution in [0.2, 0.25) is 0 Å². The van der Waals surface area contributed by atoms with Crippen LogP contribution in [0.5, 0.6) is 0 Å². The summed E-state index contributed by atoms with van der Waals surface area (Å²) in [5.74, 6) is -0.529. The Balaban J connectivity index is 3.33. The topological polar surface area (TPSA) is 76.1 Å². The zero-order valence-electron chi connectivity index (χ0n) is 8.00. The van der Waals surface area contributed by atoms with Crippen LogP contribution in [0, 0.1) is 18.3 Å². The van der Waals surface area contributed by atoms with E-state index >= 15 is 0 Å². The van der Waals surface area contributed by atoms with E-state index in [4.69, 9.17) is 11.0 Å². The first-order valence-corrected chi connectivity index (χ1v) is 3.98. The first-order valence-electron chi connectivity index (χ1n) is 3.98. The predicted molar refractivity (Wildman–Crippen MR) is 51.6 cm³/mol. The highest BCUT2D eigenvalue weighted by atomic mass is 16.5. The maximum Gasteiger partial charge on any atom is 0.339 e. The smallest absolute Gasteiger partial charge is 0.339 e. The van der Waals surface area contributed by atoms with Gasteiger partial charge in [-0.1, -0.05) is 0 Å². The van der Waals surface area contributed by atoms with E-state index in [-0.39, 0.29) is 5.56 Å². The number of methoxy groups -OCH3 is 1. The van der Waals surface area contributed by atoms with Crippen molar-refractivity contribution in [3.8, 4) is 6.07 Å². The third kappa shape index (κ3) is 1.67. The van der Waals surface area contributed by atoms with Crippen LogP contribution in [-0.2, 0) is 4.74 Å². The number of nitrogen functional groups attached to an aromatic ring is 1.